The smallest absolute Gasteiger partial charge is 0.309 e. The Morgan fingerprint density at radius 1 is 1.32 bits per heavy atom. The molecule has 118 valence electrons. The number of carbonyl (C=O) groups excluding carboxylic acids is 2. The number of amides is 1. The van der Waals surface area contributed by atoms with E-state index in [1.165, 1.54) is 7.11 Å². The van der Waals surface area contributed by atoms with E-state index < -0.39 is 0 Å². The first-order valence-corrected chi connectivity index (χ1v) is 8.09. The maximum Gasteiger partial charge on any atom is 0.309 e. The number of likely N-dealkylation sites (tertiary alicyclic amines) is 1. The standard InChI is InChI=1S/C17H21NO4/c1-21-16(20)13-10-17(13)5-7-18(8-6-17)15(19)12-4-9-22-14(12)11-2-3-11/h4,9,11,13H,2-3,5-8,10H2,1H3/t13-/m0/s1. The van der Waals surface area contributed by atoms with Gasteiger partial charge in [0.2, 0.25) is 0 Å². The third-order valence-electron chi connectivity index (χ3n) is 5.60. The molecule has 2 saturated carbocycles. The second-order valence-electron chi connectivity index (χ2n) is 6.91. The van der Waals surface area contributed by atoms with Gasteiger partial charge in [0.1, 0.15) is 5.76 Å². The normalized spacial score (nSPS) is 26.0. The van der Waals surface area contributed by atoms with Crippen molar-refractivity contribution in [2.45, 2.75) is 38.0 Å². The van der Waals surface area contributed by atoms with Gasteiger partial charge in [0.05, 0.1) is 24.9 Å². The van der Waals surface area contributed by atoms with Gasteiger partial charge < -0.3 is 14.1 Å². The first-order valence-electron chi connectivity index (χ1n) is 8.09. The van der Waals surface area contributed by atoms with Crippen LogP contribution in [0.5, 0.6) is 0 Å². The second-order valence-corrected chi connectivity index (χ2v) is 6.91. The monoisotopic (exact) mass is 303 g/mol. The molecular formula is C17H21NO4. The maximum atomic E-state index is 12.7. The van der Waals surface area contributed by atoms with Crippen molar-refractivity contribution in [2.24, 2.45) is 11.3 Å². The van der Waals surface area contributed by atoms with Gasteiger partial charge in [-0.15, -0.1) is 0 Å². The molecule has 4 rings (SSSR count). The van der Waals surface area contributed by atoms with Gasteiger partial charge >= 0.3 is 5.97 Å². The largest absolute Gasteiger partial charge is 0.469 e. The highest BCUT2D eigenvalue weighted by Gasteiger charge is 2.59. The Bertz CT molecular complexity index is 608. The Labute approximate surface area is 129 Å². The molecular weight excluding hydrogens is 282 g/mol. The number of hydrogen-bond donors (Lipinski definition) is 0. The molecule has 5 heteroatoms. The quantitative estimate of drug-likeness (QED) is 0.805. The first kappa shape index (κ1) is 13.9. The number of nitrogens with zero attached hydrogens (tertiary/aromatic N) is 1. The van der Waals surface area contributed by atoms with E-state index in [4.69, 9.17) is 9.15 Å². The molecule has 2 aliphatic carbocycles. The van der Waals surface area contributed by atoms with Crippen LogP contribution in [0, 0.1) is 11.3 Å². The molecule has 22 heavy (non-hydrogen) atoms. The van der Waals surface area contributed by atoms with Gasteiger partial charge in [-0.2, -0.15) is 0 Å². The Hall–Kier alpha value is -1.78. The minimum absolute atomic E-state index is 0.0469. The third-order valence-corrected chi connectivity index (χ3v) is 5.60. The summed E-state index contributed by atoms with van der Waals surface area (Å²) in [6.45, 7) is 1.45. The number of furan rings is 1. The predicted molar refractivity (Wildman–Crippen MR) is 78.4 cm³/mol. The van der Waals surface area contributed by atoms with Crippen molar-refractivity contribution >= 4 is 11.9 Å². The lowest BCUT2D eigenvalue weighted by molar-refractivity contribution is -0.143. The molecule has 3 fully saturated rings. The Morgan fingerprint density at radius 3 is 2.68 bits per heavy atom. The average Bonchev–Trinajstić information content (AvgIpc) is 3.46. The van der Waals surface area contributed by atoms with E-state index in [9.17, 15) is 9.59 Å². The molecule has 0 unspecified atom stereocenters. The lowest BCUT2D eigenvalue weighted by Crippen LogP contribution is -2.40. The summed E-state index contributed by atoms with van der Waals surface area (Å²) in [5.41, 5.74) is 0.832. The van der Waals surface area contributed by atoms with Crippen LogP contribution in [0.25, 0.3) is 0 Å². The summed E-state index contributed by atoms with van der Waals surface area (Å²) in [4.78, 5) is 26.3. The summed E-state index contributed by atoms with van der Waals surface area (Å²) in [6.07, 6.45) is 6.58. The zero-order chi connectivity index (χ0) is 15.3. The number of esters is 1. The molecule has 0 N–H and O–H groups in total. The molecule has 0 aromatic carbocycles. The van der Waals surface area contributed by atoms with Gasteiger partial charge in [0.25, 0.3) is 5.91 Å². The van der Waals surface area contributed by atoms with Crippen LogP contribution in [-0.4, -0.2) is 37.0 Å². The number of hydrogen-bond acceptors (Lipinski definition) is 4. The fourth-order valence-corrected chi connectivity index (χ4v) is 3.86. The molecule has 1 aliphatic heterocycles. The molecule has 1 atom stereocenters. The molecule has 1 aromatic heterocycles. The fraction of sp³-hybridized carbons (Fsp3) is 0.647. The van der Waals surface area contributed by atoms with Crippen LogP contribution in [0.2, 0.25) is 0 Å². The van der Waals surface area contributed by atoms with Crippen molar-refractivity contribution in [3.05, 3.63) is 23.7 Å². The summed E-state index contributed by atoms with van der Waals surface area (Å²) in [5, 5.41) is 0. The zero-order valence-electron chi connectivity index (χ0n) is 12.8. The molecule has 1 saturated heterocycles. The van der Waals surface area contributed by atoms with Gasteiger partial charge in [-0.3, -0.25) is 9.59 Å². The first-order chi connectivity index (χ1) is 10.6. The molecule has 0 bridgehead atoms. The summed E-state index contributed by atoms with van der Waals surface area (Å²) in [7, 11) is 1.45. The third kappa shape index (κ3) is 2.14. The van der Waals surface area contributed by atoms with Gasteiger partial charge in [-0.25, -0.2) is 0 Å². The van der Waals surface area contributed by atoms with E-state index in [1.54, 1.807) is 12.3 Å². The molecule has 3 aliphatic rings. The van der Waals surface area contributed by atoms with E-state index >= 15 is 0 Å². The van der Waals surface area contributed by atoms with E-state index in [0.717, 1.165) is 56.5 Å². The maximum absolute atomic E-state index is 12.7. The Morgan fingerprint density at radius 2 is 2.05 bits per heavy atom. The van der Waals surface area contributed by atoms with Crippen LogP contribution in [0.15, 0.2) is 16.7 Å². The minimum Gasteiger partial charge on any atom is -0.469 e. The average molecular weight is 303 g/mol. The SMILES string of the molecule is COC(=O)[C@@H]1CC12CCN(C(=O)c1ccoc1C1CC1)CC2. The van der Waals surface area contributed by atoms with Crippen LogP contribution >= 0.6 is 0 Å². The highest BCUT2D eigenvalue weighted by molar-refractivity contribution is 5.95. The van der Waals surface area contributed by atoms with Crippen LogP contribution in [0.4, 0.5) is 0 Å². The number of ether oxygens (including phenoxy) is 1. The second kappa shape index (κ2) is 4.86. The van der Waals surface area contributed by atoms with Crippen LogP contribution < -0.4 is 0 Å². The summed E-state index contributed by atoms with van der Waals surface area (Å²) >= 11 is 0. The van der Waals surface area contributed by atoms with Crippen molar-refractivity contribution in [3.8, 4) is 0 Å². The summed E-state index contributed by atoms with van der Waals surface area (Å²) in [5.74, 6) is 1.35. The lowest BCUT2D eigenvalue weighted by Gasteiger charge is -2.32. The van der Waals surface area contributed by atoms with Gasteiger partial charge in [0, 0.05) is 19.0 Å². The van der Waals surface area contributed by atoms with E-state index in [1.807, 2.05) is 4.90 Å². The zero-order valence-corrected chi connectivity index (χ0v) is 12.8. The van der Waals surface area contributed by atoms with Crippen molar-refractivity contribution < 1.29 is 18.7 Å². The molecule has 1 spiro atoms. The van der Waals surface area contributed by atoms with Gasteiger partial charge in [-0.1, -0.05) is 0 Å². The predicted octanol–water partition coefficient (Wildman–Crippen LogP) is 2.57. The molecule has 2 heterocycles. The minimum atomic E-state index is -0.0920. The van der Waals surface area contributed by atoms with E-state index in [0.29, 0.717) is 5.92 Å². The molecule has 5 nitrogen and oxygen atoms in total. The summed E-state index contributed by atoms with van der Waals surface area (Å²) < 4.78 is 10.4. The van der Waals surface area contributed by atoms with Crippen LogP contribution in [0.3, 0.4) is 0 Å². The van der Waals surface area contributed by atoms with Gasteiger partial charge in [0.15, 0.2) is 0 Å². The van der Waals surface area contributed by atoms with E-state index in [-0.39, 0.29) is 23.2 Å². The Kier molecular flexibility index (Phi) is 3.06. The molecule has 1 aromatic rings. The topological polar surface area (TPSA) is 59.8 Å². The fourth-order valence-electron chi connectivity index (χ4n) is 3.86. The number of methoxy groups -OCH3 is 1. The molecule has 0 radical (unpaired) electrons. The number of piperidine rings is 1. The van der Waals surface area contributed by atoms with Crippen LogP contribution in [0.1, 0.15) is 54.1 Å². The van der Waals surface area contributed by atoms with Crippen molar-refractivity contribution in [2.75, 3.05) is 20.2 Å². The molecule has 1 amide bonds. The summed E-state index contributed by atoms with van der Waals surface area (Å²) in [6, 6.07) is 1.80. The van der Waals surface area contributed by atoms with E-state index in [2.05, 4.69) is 0 Å². The highest BCUT2D eigenvalue weighted by atomic mass is 16.5. The highest BCUT2D eigenvalue weighted by Crippen LogP contribution is 2.59. The van der Waals surface area contributed by atoms with Crippen molar-refractivity contribution in [1.29, 1.82) is 0 Å². The van der Waals surface area contributed by atoms with Crippen molar-refractivity contribution in [3.63, 3.8) is 0 Å². The van der Waals surface area contributed by atoms with Crippen LogP contribution in [-0.2, 0) is 9.53 Å². The number of rotatable bonds is 3. The number of carbonyl (C=O) groups is 2. The lowest BCUT2D eigenvalue weighted by atomic mass is 9.90. The van der Waals surface area contributed by atoms with Gasteiger partial charge in [-0.05, 0) is 43.6 Å². The Balaban J connectivity index is 1.41. The van der Waals surface area contributed by atoms with Crippen molar-refractivity contribution in [1.82, 2.24) is 4.90 Å².